The minimum Gasteiger partial charge on any atom is -0.369 e. The van der Waals surface area contributed by atoms with Crippen LogP contribution < -0.4 is 5.73 Å². The number of fused-ring (bicyclic) bond motifs is 2. The van der Waals surface area contributed by atoms with Crippen molar-refractivity contribution in [2.24, 2.45) is 14.1 Å². The van der Waals surface area contributed by atoms with Gasteiger partial charge in [-0.1, -0.05) is 39.8 Å². The van der Waals surface area contributed by atoms with Crippen molar-refractivity contribution in [2.45, 2.75) is 44.9 Å². The van der Waals surface area contributed by atoms with Crippen LogP contribution in [0, 0.1) is 0 Å². The maximum absolute atomic E-state index is 5.98. The molecule has 0 aliphatic heterocycles. The van der Waals surface area contributed by atoms with Crippen molar-refractivity contribution in [3.63, 3.8) is 0 Å². The zero-order valence-electron chi connectivity index (χ0n) is 18.7. The number of hydrogen-bond donors (Lipinski definition) is 2. The van der Waals surface area contributed by atoms with Gasteiger partial charge < -0.3 is 14.9 Å². The van der Waals surface area contributed by atoms with Crippen LogP contribution in [0.4, 0.5) is 5.95 Å². The molecule has 2 aromatic carbocycles. The van der Waals surface area contributed by atoms with Crippen LogP contribution in [-0.4, -0.2) is 24.9 Å². The van der Waals surface area contributed by atoms with Gasteiger partial charge in [-0.3, -0.25) is 0 Å². The molecule has 4 rings (SSSR count). The van der Waals surface area contributed by atoms with Crippen LogP contribution in [0.15, 0.2) is 36.4 Å². The highest BCUT2D eigenvalue weighted by Gasteiger charge is 2.26. The van der Waals surface area contributed by atoms with E-state index in [1.54, 1.807) is 0 Å². The maximum atomic E-state index is 5.98. The summed E-state index contributed by atoms with van der Waals surface area (Å²) in [6.07, 6.45) is 0.831. The molecule has 0 radical (unpaired) electrons. The Bertz CT molecular complexity index is 1250. The zero-order valence-corrected chi connectivity index (χ0v) is 19.6. The van der Waals surface area contributed by atoms with Gasteiger partial charge in [0, 0.05) is 20.5 Å². The van der Waals surface area contributed by atoms with Crippen LogP contribution in [0.2, 0.25) is 0 Å². The standard InChI is InChI=1S/C24H31N5S/c1-23(2,15-7-10-20-18(11-15)27-22(25)29(20)6)13-21-26-17-12-16(24(3,4)14-30)8-9-19(17)28(21)5/h7-12,30H,13-14H2,1-6H3,(H2,25,27). The molecule has 5 nitrogen and oxygen atoms in total. The second kappa shape index (κ2) is 7.05. The summed E-state index contributed by atoms with van der Waals surface area (Å²) in [6, 6.07) is 13.0. The molecule has 0 saturated heterocycles. The van der Waals surface area contributed by atoms with E-state index in [9.17, 15) is 0 Å². The highest BCUT2D eigenvalue weighted by Crippen LogP contribution is 2.32. The topological polar surface area (TPSA) is 61.7 Å². The second-order valence-electron chi connectivity index (χ2n) is 9.63. The molecule has 4 aromatic rings. The Balaban J connectivity index is 1.71. The first-order valence-corrected chi connectivity index (χ1v) is 11.0. The van der Waals surface area contributed by atoms with Crippen molar-refractivity contribution >= 4 is 40.6 Å². The Kier molecular flexibility index (Phi) is 4.88. The number of nitrogen functional groups attached to an aromatic ring is 1. The summed E-state index contributed by atoms with van der Waals surface area (Å²) in [4.78, 5) is 9.51. The number of anilines is 1. The fourth-order valence-electron chi connectivity index (χ4n) is 4.06. The summed E-state index contributed by atoms with van der Waals surface area (Å²) in [6.45, 7) is 8.95. The molecule has 0 spiro atoms. The van der Waals surface area contributed by atoms with E-state index >= 15 is 0 Å². The fourth-order valence-corrected chi connectivity index (χ4v) is 4.24. The van der Waals surface area contributed by atoms with Crippen LogP contribution in [0.5, 0.6) is 0 Å². The quantitative estimate of drug-likeness (QED) is 0.456. The number of hydrogen-bond acceptors (Lipinski definition) is 4. The third-order valence-electron chi connectivity index (χ3n) is 6.45. The minimum absolute atomic E-state index is 0.0220. The van der Waals surface area contributed by atoms with Crippen molar-refractivity contribution in [3.05, 3.63) is 53.3 Å². The van der Waals surface area contributed by atoms with Gasteiger partial charge in [-0.05, 0) is 52.0 Å². The smallest absolute Gasteiger partial charge is 0.200 e. The third-order valence-corrected chi connectivity index (χ3v) is 7.24. The fraction of sp³-hybridized carbons (Fsp3) is 0.417. The van der Waals surface area contributed by atoms with Crippen molar-refractivity contribution in [1.29, 1.82) is 0 Å². The lowest BCUT2D eigenvalue weighted by atomic mass is 9.81. The number of nitrogens with zero attached hydrogens (tertiary/aromatic N) is 4. The molecule has 0 atom stereocenters. The average Bonchev–Trinajstić information content (AvgIpc) is 3.16. The van der Waals surface area contributed by atoms with E-state index in [1.807, 2.05) is 11.6 Å². The number of benzene rings is 2. The van der Waals surface area contributed by atoms with Gasteiger partial charge in [0.1, 0.15) is 5.82 Å². The van der Waals surface area contributed by atoms with Crippen molar-refractivity contribution < 1.29 is 0 Å². The van der Waals surface area contributed by atoms with Gasteiger partial charge >= 0.3 is 0 Å². The van der Waals surface area contributed by atoms with Gasteiger partial charge in [0.25, 0.3) is 0 Å². The van der Waals surface area contributed by atoms with E-state index in [0.29, 0.717) is 5.95 Å². The summed E-state index contributed by atoms with van der Waals surface area (Å²) in [5.74, 6) is 2.41. The monoisotopic (exact) mass is 421 g/mol. The van der Waals surface area contributed by atoms with Crippen LogP contribution in [0.25, 0.3) is 22.1 Å². The molecule has 158 valence electrons. The van der Waals surface area contributed by atoms with E-state index in [0.717, 1.165) is 40.1 Å². The first-order valence-electron chi connectivity index (χ1n) is 10.3. The molecular weight excluding hydrogens is 390 g/mol. The maximum Gasteiger partial charge on any atom is 0.200 e. The SMILES string of the molecule is Cn1c(N)nc2cc(C(C)(C)Cc3nc4cc(C(C)(C)CS)ccc4n3C)ccc21. The number of aryl methyl sites for hydroxylation is 2. The number of imidazole rings is 2. The molecule has 2 aromatic heterocycles. The Morgan fingerprint density at radius 1 is 0.833 bits per heavy atom. The molecule has 30 heavy (non-hydrogen) atoms. The molecule has 0 amide bonds. The Morgan fingerprint density at radius 3 is 1.97 bits per heavy atom. The number of rotatable bonds is 5. The van der Waals surface area contributed by atoms with Crippen molar-refractivity contribution in [1.82, 2.24) is 19.1 Å². The molecule has 0 fully saturated rings. The summed E-state index contributed by atoms with van der Waals surface area (Å²) >= 11 is 4.52. The molecule has 2 heterocycles. The minimum atomic E-state index is -0.0944. The van der Waals surface area contributed by atoms with Gasteiger partial charge in [0.05, 0.1) is 22.1 Å². The molecule has 0 bridgehead atoms. The predicted molar refractivity (Wildman–Crippen MR) is 129 cm³/mol. The van der Waals surface area contributed by atoms with Gasteiger partial charge in [0.15, 0.2) is 0 Å². The van der Waals surface area contributed by atoms with Gasteiger partial charge in [-0.15, -0.1) is 0 Å². The highest BCUT2D eigenvalue weighted by atomic mass is 32.1. The van der Waals surface area contributed by atoms with Crippen LogP contribution in [0.1, 0.15) is 44.6 Å². The van der Waals surface area contributed by atoms with Crippen molar-refractivity contribution in [3.8, 4) is 0 Å². The lowest BCUT2D eigenvalue weighted by Gasteiger charge is -2.25. The van der Waals surface area contributed by atoms with E-state index in [-0.39, 0.29) is 10.8 Å². The Labute approximate surface area is 183 Å². The van der Waals surface area contributed by atoms with Crippen molar-refractivity contribution in [2.75, 3.05) is 11.5 Å². The van der Waals surface area contributed by atoms with Gasteiger partial charge in [-0.25, -0.2) is 9.97 Å². The van der Waals surface area contributed by atoms with Gasteiger partial charge in [-0.2, -0.15) is 12.6 Å². The lowest BCUT2D eigenvalue weighted by Crippen LogP contribution is -2.22. The van der Waals surface area contributed by atoms with Crippen LogP contribution in [0.3, 0.4) is 0 Å². The van der Waals surface area contributed by atoms with E-state index < -0.39 is 0 Å². The molecule has 6 heteroatoms. The highest BCUT2D eigenvalue weighted by molar-refractivity contribution is 7.80. The van der Waals surface area contributed by atoms with Gasteiger partial charge in [0.2, 0.25) is 5.95 Å². The molecular formula is C24H31N5S. The first-order chi connectivity index (χ1) is 14.0. The molecule has 0 aliphatic rings. The predicted octanol–water partition coefficient (Wildman–Crippen LogP) is 4.77. The third kappa shape index (κ3) is 3.37. The van der Waals surface area contributed by atoms with E-state index in [1.165, 1.54) is 11.1 Å². The molecule has 0 aliphatic carbocycles. The van der Waals surface area contributed by atoms with Crippen LogP contribution in [-0.2, 0) is 31.3 Å². The molecule has 0 saturated carbocycles. The normalized spacial score (nSPS) is 12.9. The average molecular weight is 422 g/mol. The number of aromatic nitrogens is 4. The summed E-state index contributed by atoms with van der Waals surface area (Å²) < 4.78 is 4.13. The lowest BCUT2D eigenvalue weighted by molar-refractivity contribution is 0.500. The van der Waals surface area contributed by atoms with E-state index in [4.69, 9.17) is 10.7 Å². The number of thiol groups is 1. The second-order valence-corrected chi connectivity index (χ2v) is 9.94. The zero-order chi connectivity index (χ0) is 21.8. The Morgan fingerprint density at radius 2 is 1.37 bits per heavy atom. The van der Waals surface area contributed by atoms with Crippen LogP contribution >= 0.6 is 12.6 Å². The summed E-state index contributed by atoms with van der Waals surface area (Å²) in [5.41, 5.74) is 12.6. The first kappa shape index (κ1) is 20.8. The molecule has 2 N–H and O–H groups in total. The largest absolute Gasteiger partial charge is 0.369 e. The Hall–Kier alpha value is -2.47. The summed E-state index contributed by atoms with van der Waals surface area (Å²) in [5, 5.41) is 0. The molecule has 0 unspecified atom stereocenters. The summed E-state index contributed by atoms with van der Waals surface area (Å²) in [7, 11) is 4.05. The van der Waals surface area contributed by atoms with E-state index in [2.05, 4.69) is 93.3 Å². The number of nitrogens with two attached hydrogens (primary N) is 1.